The van der Waals surface area contributed by atoms with Gasteiger partial charge in [0.05, 0.1) is 5.56 Å². The molecule has 1 aromatic carbocycles. The fourth-order valence-electron chi connectivity index (χ4n) is 1.52. The van der Waals surface area contributed by atoms with Crippen LogP contribution < -0.4 is 5.32 Å². The predicted octanol–water partition coefficient (Wildman–Crippen LogP) is 1.06. The lowest BCUT2D eigenvalue weighted by atomic mass is 10.1. The fourth-order valence-corrected chi connectivity index (χ4v) is 1.52. The van der Waals surface area contributed by atoms with E-state index in [2.05, 4.69) is 15.5 Å². The van der Waals surface area contributed by atoms with Crippen molar-refractivity contribution in [3.8, 4) is 5.75 Å². The quantitative estimate of drug-likeness (QED) is 0.843. The number of hydrogen-bond acceptors (Lipinski definition) is 5. The van der Waals surface area contributed by atoms with E-state index < -0.39 is 0 Å². The molecule has 0 spiro atoms. The van der Waals surface area contributed by atoms with E-state index in [-0.39, 0.29) is 17.2 Å². The molecule has 0 aliphatic heterocycles. The summed E-state index contributed by atoms with van der Waals surface area (Å²) in [4.78, 5) is 15.6. The molecular formula is C12H13N3O3. The molecule has 0 atom stereocenters. The highest BCUT2D eigenvalue weighted by atomic mass is 16.5. The summed E-state index contributed by atoms with van der Waals surface area (Å²) in [6.45, 7) is 2.21. The van der Waals surface area contributed by atoms with Crippen LogP contribution in [0, 0.1) is 6.92 Å². The largest absolute Gasteiger partial charge is 0.507 e. The van der Waals surface area contributed by atoms with Gasteiger partial charge < -0.3 is 14.9 Å². The molecule has 0 fully saturated rings. The van der Waals surface area contributed by atoms with E-state index in [1.54, 1.807) is 18.2 Å². The van der Waals surface area contributed by atoms with Crippen molar-refractivity contribution in [1.82, 2.24) is 15.5 Å². The predicted molar refractivity (Wildman–Crippen MR) is 63.2 cm³/mol. The van der Waals surface area contributed by atoms with Gasteiger partial charge in [0.1, 0.15) is 5.75 Å². The highest BCUT2D eigenvalue weighted by Crippen LogP contribution is 2.17. The minimum atomic E-state index is -0.327. The minimum Gasteiger partial charge on any atom is -0.507 e. The summed E-state index contributed by atoms with van der Waals surface area (Å²) >= 11 is 0. The first-order chi connectivity index (χ1) is 8.66. The number of carbonyl (C=O) groups is 1. The molecule has 18 heavy (non-hydrogen) atoms. The number of aromatic nitrogens is 2. The smallest absolute Gasteiger partial charge is 0.255 e. The maximum atomic E-state index is 11.8. The van der Waals surface area contributed by atoms with E-state index in [4.69, 9.17) is 4.52 Å². The normalized spacial score (nSPS) is 10.3. The Labute approximate surface area is 104 Å². The molecule has 2 rings (SSSR count). The fraction of sp³-hybridized carbons (Fsp3) is 0.250. The third kappa shape index (κ3) is 2.85. The number of carbonyl (C=O) groups excluding carboxylic acids is 1. The molecular weight excluding hydrogens is 234 g/mol. The number of benzene rings is 1. The Hall–Kier alpha value is -2.37. The number of aryl methyl sites for hydroxylation is 1. The maximum absolute atomic E-state index is 11.8. The van der Waals surface area contributed by atoms with Gasteiger partial charge in [-0.15, -0.1) is 0 Å². The molecule has 1 amide bonds. The Kier molecular flexibility index (Phi) is 3.57. The molecule has 2 aromatic rings. The van der Waals surface area contributed by atoms with Crippen LogP contribution in [0.25, 0.3) is 0 Å². The van der Waals surface area contributed by atoms with Crippen molar-refractivity contribution >= 4 is 5.91 Å². The summed E-state index contributed by atoms with van der Waals surface area (Å²) in [5.41, 5.74) is 1.15. The SMILES string of the molecule is Cc1ccc(C(=O)NCCc2ncno2)c(O)c1. The van der Waals surface area contributed by atoms with Gasteiger partial charge in [-0.3, -0.25) is 4.79 Å². The molecule has 6 nitrogen and oxygen atoms in total. The van der Waals surface area contributed by atoms with Crippen molar-refractivity contribution in [1.29, 1.82) is 0 Å². The highest BCUT2D eigenvalue weighted by molar-refractivity contribution is 5.96. The van der Waals surface area contributed by atoms with Gasteiger partial charge in [0, 0.05) is 13.0 Å². The number of amides is 1. The molecule has 1 heterocycles. The van der Waals surface area contributed by atoms with Gasteiger partial charge in [-0.25, -0.2) is 0 Å². The maximum Gasteiger partial charge on any atom is 0.255 e. The van der Waals surface area contributed by atoms with Crippen molar-refractivity contribution in [3.05, 3.63) is 41.5 Å². The van der Waals surface area contributed by atoms with Gasteiger partial charge in [0.2, 0.25) is 5.89 Å². The summed E-state index contributed by atoms with van der Waals surface area (Å²) in [7, 11) is 0. The zero-order chi connectivity index (χ0) is 13.0. The lowest BCUT2D eigenvalue weighted by Crippen LogP contribution is -2.25. The Morgan fingerprint density at radius 1 is 1.50 bits per heavy atom. The topological polar surface area (TPSA) is 88.3 Å². The number of phenolic OH excluding ortho intramolecular Hbond substituents is 1. The van der Waals surface area contributed by atoms with Gasteiger partial charge in [0.25, 0.3) is 5.91 Å². The monoisotopic (exact) mass is 247 g/mol. The summed E-state index contributed by atoms with van der Waals surface area (Å²) < 4.78 is 4.80. The van der Waals surface area contributed by atoms with Crippen LogP contribution in [-0.4, -0.2) is 27.7 Å². The van der Waals surface area contributed by atoms with Gasteiger partial charge in [-0.2, -0.15) is 4.98 Å². The first-order valence-corrected chi connectivity index (χ1v) is 5.50. The highest BCUT2D eigenvalue weighted by Gasteiger charge is 2.10. The molecule has 0 aliphatic carbocycles. The summed E-state index contributed by atoms with van der Waals surface area (Å²) in [6.07, 6.45) is 1.77. The van der Waals surface area contributed by atoms with Crippen LogP contribution in [0.4, 0.5) is 0 Å². The summed E-state index contributed by atoms with van der Waals surface area (Å²) in [6, 6.07) is 4.91. The molecule has 1 aromatic heterocycles. The van der Waals surface area contributed by atoms with Crippen LogP contribution in [0.1, 0.15) is 21.8 Å². The van der Waals surface area contributed by atoms with Crippen molar-refractivity contribution in [3.63, 3.8) is 0 Å². The van der Waals surface area contributed by atoms with E-state index in [9.17, 15) is 9.90 Å². The molecule has 0 aliphatic rings. The Morgan fingerprint density at radius 3 is 3.00 bits per heavy atom. The standard InChI is InChI=1S/C12H13N3O3/c1-8-2-3-9(10(16)6-8)12(17)13-5-4-11-14-7-15-18-11/h2-3,6-7,16H,4-5H2,1H3,(H,13,17). The van der Waals surface area contributed by atoms with Crippen LogP contribution in [0.15, 0.2) is 29.0 Å². The third-order valence-electron chi connectivity index (χ3n) is 2.43. The van der Waals surface area contributed by atoms with E-state index >= 15 is 0 Å². The Balaban J connectivity index is 1.91. The second-order valence-electron chi connectivity index (χ2n) is 3.86. The van der Waals surface area contributed by atoms with Crippen molar-refractivity contribution < 1.29 is 14.4 Å². The number of aromatic hydroxyl groups is 1. The Morgan fingerprint density at radius 2 is 2.33 bits per heavy atom. The second-order valence-corrected chi connectivity index (χ2v) is 3.86. The molecule has 0 unspecified atom stereocenters. The number of nitrogens with zero attached hydrogens (tertiary/aromatic N) is 2. The first kappa shape index (κ1) is 12.1. The van der Waals surface area contributed by atoms with Gasteiger partial charge in [-0.1, -0.05) is 11.2 Å². The lowest BCUT2D eigenvalue weighted by Gasteiger charge is -2.06. The second kappa shape index (κ2) is 5.31. The lowest BCUT2D eigenvalue weighted by molar-refractivity contribution is 0.0951. The zero-order valence-electron chi connectivity index (χ0n) is 9.88. The molecule has 0 bridgehead atoms. The van der Waals surface area contributed by atoms with Gasteiger partial charge in [0.15, 0.2) is 6.33 Å². The number of nitrogens with one attached hydrogen (secondary N) is 1. The molecule has 0 radical (unpaired) electrons. The summed E-state index contributed by atoms with van der Waals surface area (Å²) in [5.74, 6) is 0.112. The molecule has 0 saturated carbocycles. The average molecular weight is 247 g/mol. The molecule has 6 heteroatoms. The number of phenols is 1. The summed E-state index contributed by atoms with van der Waals surface area (Å²) in [5, 5.41) is 15.8. The van der Waals surface area contributed by atoms with Gasteiger partial charge in [-0.05, 0) is 24.6 Å². The average Bonchev–Trinajstić information content (AvgIpc) is 2.81. The van der Waals surface area contributed by atoms with E-state index in [0.717, 1.165) is 5.56 Å². The van der Waals surface area contributed by atoms with Crippen molar-refractivity contribution in [2.24, 2.45) is 0 Å². The van der Waals surface area contributed by atoms with E-state index in [1.807, 2.05) is 6.92 Å². The van der Waals surface area contributed by atoms with Gasteiger partial charge >= 0.3 is 0 Å². The van der Waals surface area contributed by atoms with Crippen LogP contribution in [0.3, 0.4) is 0 Å². The van der Waals surface area contributed by atoms with Crippen molar-refractivity contribution in [2.45, 2.75) is 13.3 Å². The molecule has 2 N–H and O–H groups in total. The zero-order valence-corrected chi connectivity index (χ0v) is 9.88. The van der Waals surface area contributed by atoms with E-state index in [0.29, 0.717) is 18.9 Å². The van der Waals surface area contributed by atoms with Crippen LogP contribution in [0.5, 0.6) is 5.75 Å². The van der Waals surface area contributed by atoms with E-state index in [1.165, 1.54) is 6.33 Å². The van der Waals surface area contributed by atoms with Crippen molar-refractivity contribution in [2.75, 3.05) is 6.54 Å². The molecule has 0 saturated heterocycles. The van der Waals surface area contributed by atoms with Crippen LogP contribution in [-0.2, 0) is 6.42 Å². The third-order valence-corrected chi connectivity index (χ3v) is 2.43. The first-order valence-electron chi connectivity index (χ1n) is 5.50. The van der Waals surface area contributed by atoms with Crippen LogP contribution >= 0.6 is 0 Å². The van der Waals surface area contributed by atoms with Crippen LogP contribution in [0.2, 0.25) is 0 Å². The number of rotatable bonds is 4. The number of hydrogen-bond donors (Lipinski definition) is 2. The Bertz CT molecular complexity index is 538. The minimum absolute atomic E-state index is 0.0229. The molecule has 94 valence electrons.